The quantitative estimate of drug-likeness (QED) is 0.589. The van der Waals surface area contributed by atoms with Crippen LogP contribution in [0.3, 0.4) is 0 Å². The van der Waals surface area contributed by atoms with Crippen molar-refractivity contribution in [1.29, 1.82) is 0 Å². The van der Waals surface area contributed by atoms with Crippen molar-refractivity contribution in [3.63, 3.8) is 0 Å². The zero-order valence-corrected chi connectivity index (χ0v) is 15.5. The van der Waals surface area contributed by atoms with E-state index in [1.807, 2.05) is 36.5 Å². The summed E-state index contributed by atoms with van der Waals surface area (Å²) in [7, 11) is 1.55. The fourth-order valence-electron chi connectivity index (χ4n) is 2.85. The normalized spacial score (nSPS) is 16.1. The minimum absolute atomic E-state index is 0.517. The summed E-state index contributed by atoms with van der Waals surface area (Å²) in [6.45, 7) is 4.42. The highest BCUT2D eigenvalue weighted by molar-refractivity contribution is 6.42. The average Bonchev–Trinajstić information content (AvgIpc) is 2.65. The second kappa shape index (κ2) is 8.52. The molecule has 1 aliphatic rings. The molecule has 1 saturated heterocycles. The predicted octanol–water partition coefficient (Wildman–Crippen LogP) is 3.56. The summed E-state index contributed by atoms with van der Waals surface area (Å²) < 4.78 is 0. The molecule has 1 fully saturated rings. The molecule has 25 heavy (non-hydrogen) atoms. The Morgan fingerprint density at radius 3 is 2.56 bits per heavy atom. The van der Waals surface area contributed by atoms with Gasteiger partial charge in [0.1, 0.15) is 18.6 Å². The first-order valence-corrected chi connectivity index (χ1v) is 8.87. The van der Waals surface area contributed by atoms with Gasteiger partial charge in [-0.05, 0) is 24.3 Å². The largest absolute Gasteiger partial charge is 0.399 e. The molecule has 0 aliphatic carbocycles. The molecule has 1 aliphatic heterocycles. The summed E-state index contributed by atoms with van der Waals surface area (Å²) in [5.74, 6) is 1.03. The first-order chi connectivity index (χ1) is 12.2. The predicted molar refractivity (Wildman–Crippen MR) is 103 cm³/mol. The molecule has 5 nitrogen and oxygen atoms in total. The first-order valence-electron chi connectivity index (χ1n) is 8.11. The van der Waals surface area contributed by atoms with E-state index < -0.39 is 0 Å². The van der Waals surface area contributed by atoms with Crippen LogP contribution in [0.2, 0.25) is 10.0 Å². The number of hydrogen-bond acceptors (Lipinski definition) is 5. The SMILES string of the molecule is CON=C(CN1CCN(c2ccccn2)CC1)c1ccc(Cl)c(Cl)c1. The molecular weight excluding hydrogens is 359 g/mol. The molecule has 0 amide bonds. The fraction of sp³-hybridized carbons (Fsp3) is 0.333. The zero-order chi connectivity index (χ0) is 17.6. The minimum Gasteiger partial charge on any atom is -0.399 e. The molecule has 7 heteroatoms. The molecule has 2 aromatic rings. The summed E-state index contributed by atoms with van der Waals surface area (Å²) in [5, 5.41) is 5.23. The van der Waals surface area contributed by atoms with Crippen molar-refractivity contribution in [1.82, 2.24) is 9.88 Å². The molecule has 1 aromatic heterocycles. The van der Waals surface area contributed by atoms with Gasteiger partial charge in [0, 0.05) is 44.5 Å². The van der Waals surface area contributed by atoms with Gasteiger partial charge in [-0.15, -0.1) is 0 Å². The lowest BCUT2D eigenvalue weighted by molar-refractivity contribution is 0.209. The molecular formula is C18H20Cl2N4O. The number of piperazine rings is 1. The van der Waals surface area contributed by atoms with Crippen LogP contribution in [0, 0.1) is 0 Å². The highest BCUT2D eigenvalue weighted by Crippen LogP contribution is 2.23. The molecule has 0 radical (unpaired) electrons. The van der Waals surface area contributed by atoms with Crippen molar-refractivity contribution in [2.75, 3.05) is 44.7 Å². The Labute approximate surface area is 157 Å². The molecule has 0 unspecified atom stereocenters. The van der Waals surface area contributed by atoms with Gasteiger partial charge in [0.25, 0.3) is 0 Å². The molecule has 3 rings (SSSR count). The molecule has 0 spiro atoms. The second-order valence-corrected chi connectivity index (χ2v) is 6.61. The summed E-state index contributed by atoms with van der Waals surface area (Å²) in [5.41, 5.74) is 1.76. The number of anilines is 1. The molecule has 1 aromatic carbocycles. The van der Waals surface area contributed by atoms with Gasteiger partial charge in [-0.3, -0.25) is 4.90 Å². The van der Waals surface area contributed by atoms with Crippen molar-refractivity contribution in [2.45, 2.75) is 0 Å². The van der Waals surface area contributed by atoms with Crippen LogP contribution in [0.4, 0.5) is 5.82 Å². The molecule has 0 bridgehead atoms. The van der Waals surface area contributed by atoms with Crippen molar-refractivity contribution in [3.05, 3.63) is 58.2 Å². The van der Waals surface area contributed by atoms with Crippen molar-refractivity contribution in [3.8, 4) is 0 Å². The number of benzene rings is 1. The lowest BCUT2D eigenvalue weighted by Gasteiger charge is -2.35. The van der Waals surface area contributed by atoms with Crippen LogP contribution in [-0.4, -0.2) is 55.4 Å². The zero-order valence-electron chi connectivity index (χ0n) is 14.0. The van der Waals surface area contributed by atoms with Crippen LogP contribution in [0.25, 0.3) is 0 Å². The highest BCUT2D eigenvalue weighted by Gasteiger charge is 2.20. The van der Waals surface area contributed by atoms with Gasteiger partial charge in [0.15, 0.2) is 0 Å². The third kappa shape index (κ3) is 4.63. The van der Waals surface area contributed by atoms with Crippen LogP contribution in [0.1, 0.15) is 5.56 Å². The van der Waals surface area contributed by atoms with Crippen LogP contribution in [-0.2, 0) is 4.84 Å². The molecule has 2 heterocycles. The Kier molecular flexibility index (Phi) is 6.13. The van der Waals surface area contributed by atoms with E-state index >= 15 is 0 Å². The monoisotopic (exact) mass is 378 g/mol. The van der Waals surface area contributed by atoms with Crippen LogP contribution < -0.4 is 4.90 Å². The third-order valence-corrected chi connectivity index (χ3v) is 4.91. The number of aromatic nitrogens is 1. The summed E-state index contributed by atoms with van der Waals surface area (Å²) in [6, 6.07) is 11.5. The Morgan fingerprint density at radius 1 is 1.12 bits per heavy atom. The lowest BCUT2D eigenvalue weighted by atomic mass is 10.1. The van der Waals surface area contributed by atoms with Gasteiger partial charge in [-0.1, -0.05) is 40.5 Å². The minimum atomic E-state index is 0.517. The fourth-order valence-corrected chi connectivity index (χ4v) is 3.14. The summed E-state index contributed by atoms with van der Waals surface area (Å²) in [6.07, 6.45) is 1.83. The van der Waals surface area contributed by atoms with Gasteiger partial charge in [-0.2, -0.15) is 0 Å². The Balaban J connectivity index is 1.64. The number of rotatable bonds is 5. The Bertz CT molecular complexity index is 731. The van der Waals surface area contributed by atoms with Crippen molar-refractivity contribution in [2.24, 2.45) is 5.16 Å². The smallest absolute Gasteiger partial charge is 0.128 e. The Hall–Kier alpha value is -1.82. The van der Waals surface area contributed by atoms with E-state index in [0.717, 1.165) is 43.3 Å². The van der Waals surface area contributed by atoms with E-state index in [9.17, 15) is 0 Å². The summed E-state index contributed by atoms with van der Waals surface area (Å²) >= 11 is 12.1. The van der Waals surface area contributed by atoms with Crippen molar-refractivity contribution < 1.29 is 4.84 Å². The highest BCUT2D eigenvalue weighted by atomic mass is 35.5. The van der Waals surface area contributed by atoms with E-state index in [0.29, 0.717) is 16.6 Å². The number of nitrogens with zero attached hydrogens (tertiary/aromatic N) is 4. The standard InChI is InChI=1S/C18H20Cl2N4O/c1-25-22-17(14-5-6-15(19)16(20)12-14)13-23-8-10-24(11-9-23)18-4-2-3-7-21-18/h2-7,12H,8-11,13H2,1H3. The van der Waals surface area contributed by atoms with Crippen LogP contribution >= 0.6 is 23.2 Å². The Morgan fingerprint density at radius 2 is 1.92 bits per heavy atom. The third-order valence-electron chi connectivity index (χ3n) is 4.17. The second-order valence-electron chi connectivity index (χ2n) is 5.80. The molecule has 132 valence electrons. The molecule has 0 N–H and O–H groups in total. The van der Waals surface area contributed by atoms with Crippen LogP contribution in [0.15, 0.2) is 47.8 Å². The van der Waals surface area contributed by atoms with E-state index in [1.54, 1.807) is 13.2 Å². The van der Waals surface area contributed by atoms with Crippen molar-refractivity contribution >= 4 is 34.7 Å². The molecule has 0 atom stereocenters. The van der Waals surface area contributed by atoms with Gasteiger partial charge in [-0.25, -0.2) is 4.98 Å². The average molecular weight is 379 g/mol. The lowest BCUT2D eigenvalue weighted by Crippen LogP contribution is -2.48. The van der Waals surface area contributed by atoms with Crippen LogP contribution in [0.5, 0.6) is 0 Å². The number of oxime groups is 1. The maximum atomic E-state index is 6.13. The van der Waals surface area contributed by atoms with Gasteiger partial charge in [0.2, 0.25) is 0 Å². The van der Waals surface area contributed by atoms with E-state index in [1.165, 1.54) is 0 Å². The first kappa shape index (κ1) is 18.0. The maximum absolute atomic E-state index is 6.13. The van der Waals surface area contributed by atoms with E-state index in [-0.39, 0.29) is 0 Å². The van der Waals surface area contributed by atoms with Gasteiger partial charge < -0.3 is 9.74 Å². The topological polar surface area (TPSA) is 41.0 Å². The maximum Gasteiger partial charge on any atom is 0.128 e. The number of halogens is 2. The number of hydrogen-bond donors (Lipinski definition) is 0. The van der Waals surface area contributed by atoms with E-state index in [2.05, 4.69) is 19.9 Å². The van der Waals surface area contributed by atoms with Gasteiger partial charge in [0.05, 0.1) is 10.0 Å². The van der Waals surface area contributed by atoms with Gasteiger partial charge >= 0.3 is 0 Å². The number of pyridine rings is 1. The molecule has 0 saturated carbocycles. The summed E-state index contributed by atoms with van der Waals surface area (Å²) in [4.78, 5) is 14.1. The van der Waals surface area contributed by atoms with E-state index in [4.69, 9.17) is 28.0 Å².